The van der Waals surface area contributed by atoms with Gasteiger partial charge in [0, 0.05) is 0 Å². The molecule has 1 aromatic rings. The number of carbonyl (C=O) groups is 1. The number of carboxylic acid groups (broad SMARTS) is 1. The first-order valence-corrected chi connectivity index (χ1v) is 3.27. The van der Waals surface area contributed by atoms with E-state index in [1.165, 1.54) is 0 Å². The summed E-state index contributed by atoms with van der Waals surface area (Å²) in [4.78, 5) is 21.4. The molecule has 0 saturated carbocycles. The van der Waals surface area contributed by atoms with Crippen LogP contribution in [0.4, 0.5) is 5.95 Å². The zero-order chi connectivity index (χ0) is 9.14. The molecule has 0 atom stereocenters. The maximum Gasteiger partial charge on any atom is 0.311 e. The fourth-order valence-corrected chi connectivity index (χ4v) is 0.774. The molecule has 0 aliphatic heterocycles. The number of aryl methyl sites for hydroxylation is 1. The van der Waals surface area contributed by atoms with Crippen molar-refractivity contribution in [1.29, 1.82) is 0 Å². The highest BCUT2D eigenvalue weighted by atomic mass is 16.4. The Balaban J connectivity index is 2.93. The van der Waals surface area contributed by atoms with Gasteiger partial charge in [-0.15, -0.1) is 0 Å². The van der Waals surface area contributed by atoms with Crippen molar-refractivity contribution in [1.82, 2.24) is 15.0 Å². The third-order valence-electron chi connectivity index (χ3n) is 1.12. The third-order valence-corrected chi connectivity index (χ3v) is 1.12. The van der Waals surface area contributed by atoms with Crippen LogP contribution in [0.2, 0.25) is 0 Å². The van der Waals surface area contributed by atoms with Crippen LogP contribution >= 0.6 is 0 Å². The number of hydrogen-bond acceptors (Lipinski definition) is 5. The zero-order valence-electron chi connectivity index (χ0n) is 6.48. The van der Waals surface area contributed by atoms with Crippen LogP contribution in [0.3, 0.4) is 0 Å². The fourth-order valence-electron chi connectivity index (χ4n) is 0.774. The highest BCUT2D eigenvalue weighted by Gasteiger charge is 2.05. The number of nitrogens with zero attached hydrogens (tertiary/aromatic N) is 3. The Morgan fingerprint density at radius 3 is 2.67 bits per heavy atom. The van der Waals surface area contributed by atoms with E-state index in [2.05, 4.69) is 15.0 Å². The van der Waals surface area contributed by atoms with Gasteiger partial charge < -0.3 is 10.8 Å². The van der Waals surface area contributed by atoms with Crippen molar-refractivity contribution in [3.8, 4) is 0 Å². The Hall–Kier alpha value is -1.72. The molecule has 0 aromatic carbocycles. The lowest BCUT2D eigenvalue weighted by Crippen LogP contribution is -2.09. The van der Waals surface area contributed by atoms with Crippen LogP contribution in [-0.4, -0.2) is 26.0 Å². The van der Waals surface area contributed by atoms with Crippen LogP contribution in [0.5, 0.6) is 0 Å². The first-order chi connectivity index (χ1) is 5.58. The summed E-state index contributed by atoms with van der Waals surface area (Å²) in [6, 6.07) is 0. The molecular formula is C6H8N4O2. The number of nitrogens with two attached hydrogens (primary N) is 1. The minimum absolute atomic E-state index is 0.0544. The quantitative estimate of drug-likeness (QED) is 0.610. The van der Waals surface area contributed by atoms with E-state index in [0.29, 0.717) is 5.82 Å². The minimum atomic E-state index is -0.986. The monoisotopic (exact) mass is 168 g/mol. The summed E-state index contributed by atoms with van der Waals surface area (Å²) in [5.74, 6) is -0.315. The van der Waals surface area contributed by atoms with Gasteiger partial charge in [0.05, 0.1) is 0 Å². The molecule has 6 heteroatoms. The molecule has 3 N–H and O–H groups in total. The van der Waals surface area contributed by atoms with Crippen molar-refractivity contribution in [2.24, 2.45) is 0 Å². The second-order valence-corrected chi connectivity index (χ2v) is 2.23. The summed E-state index contributed by atoms with van der Waals surface area (Å²) < 4.78 is 0. The van der Waals surface area contributed by atoms with Crippen LogP contribution in [0.1, 0.15) is 11.6 Å². The van der Waals surface area contributed by atoms with Crippen LogP contribution in [-0.2, 0) is 11.2 Å². The Labute approximate surface area is 68.5 Å². The summed E-state index contributed by atoms with van der Waals surface area (Å²) in [6.07, 6.45) is -0.229. The molecule has 0 unspecified atom stereocenters. The minimum Gasteiger partial charge on any atom is -0.481 e. The Bertz CT molecular complexity index is 292. The van der Waals surface area contributed by atoms with Gasteiger partial charge in [-0.05, 0) is 6.92 Å². The van der Waals surface area contributed by atoms with Gasteiger partial charge in [0.1, 0.15) is 18.1 Å². The van der Waals surface area contributed by atoms with Gasteiger partial charge in [-0.25, -0.2) is 4.98 Å². The first-order valence-electron chi connectivity index (χ1n) is 3.27. The van der Waals surface area contributed by atoms with E-state index in [9.17, 15) is 4.79 Å². The normalized spacial score (nSPS) is 9.75. The van der Waals surface area contributed by atoms with Gasteiger partial charge in [-0.3, -0.25) is 4.79 Å². The molecule has 1 heterocycles. The average molecular weight is 168 g/mol. The van der Waals surface area contributed by atoms with Crippen molar-refractivity contribution in [3.05, 3.63) is 11.6 Å². The lowest BCUT2D eigenvalue weighted by atomic mass is 10.4. The molecule has 0 amide bonds. The van der Waals surface area contributed by atoms with Crippen molar-refractivity contribution in [3.63, 3.8) is 0 Å². The van der Waals surface area contributed by atoms with Gasteiger partial charge in [0.25, 0.3) is 0 Å². The highest BCUT2D eigenvalue weighted by molar-refractivity contribution is 5.69. The lowest BCUT2D eigenvalue weighted by molar-refractivity contribution is -0.136. The number of anilines is 1. The molecule has 12 heavy (non-hydrogen) atoms. The molecule has 0 saturated heterocycles. The molecule has 0 spiro atoms. The standard InChI is InChI=1S/C6H8N4O2/c1-3-8-4(2-5(11)12)10-6(7)9-3/h2H2,1H3,(H,11,12)(H2,7,8,9,10). The van der Waals surface area contributed by atoms with Gasteiger partial charge in [-0.2, -0.15) is 9.97 Å². The van der Waals surface area contributed by atoms with Crippen LogP contribution in [0.25, 0.3) is 0 Å². The number of carboxylic acids is 1. The summed E-state index contributed by atoms with van der Waals surface area (Å²) in [5.41, 5.74) is 5.28. The summed E-state index contributed by atoms with van der Waals surface area (Å²) in [5, 5.41) is 8.41. The molecule has 1 rings (SSSR count). The van der Waals surface area contributed by atoms with E-state index < -0.39 is 5.97 Å². The third kappa shape index (κ3) is 2.15. The van der Waals surface area contributed by atoms with E-state index in [-0.39, 0.29) is 18.2 Å². The Kier molecular flexibility index (Phi) is 2.18. The molecule has 0 aliphatic rings. The number of aromatic nitrogens is 3. The van der Waals surface area contributed by atoms with Gasteiger partial charge >= 0.3 is 5.97 Å². The molecular weight excluding hydrogens is 160 g/mol. The van der Waals surface area contributed by atoms with E-state index in [1.54, 1.807) is 6.92 Å². The SMILES string of the molecule is Cc1nc(N)nc(CC(=O)O)n1. The second-order valence-electron chi connectivity index (χ2n) is 2.23. The maximum absolute atomic E-state index is 10.3. The summed E-state index contributed by atoms with van der Waals surface area (Å²) in [6.45, 7) is 1.63. The van der Waals surface area contributed by atoms with Crippen LogP contribution in [0.15, 0.2) is 0 Å². The number of rotatable bonds is 2. The molecule has 0 bridgehead atoms. The predicted molar refractivity (Wildman–Crippen MR) is 40.3 cm³/mol. The second kappa shape index (κ2) is 3.12. The highest BCUT2D eigenvalue weighted by Crippen LogP contribution is 1.96. The van der Waals surface area contributed by atoms with Crippen molar-refractivity contribution in [2.75, 3.05) is 5.73 Å². The molecule has 6 nitrogen and oxygen atoms in total. The van der Waals surface area contributed by atoms with E-state index in [1.807, 2.05) is 0 Å². The maximum atomic E-state index is 10.3. The van der Waals surface area contributed by atoms with Gasteiger partial charge in [0.15, 0.2) is 0 Å². The van der Waals surface area contributed by atoms with Crippen molar-refractivity contribution >= 4 is 11.9 Å². The molecule has 1 aromatic heterocycles. The van der Waals surface area contributed by atoms with E-state index in [0.717, 1.165) is 0 Å². The lowest BCUT2D eigenvalue weighted by Gasteiger charge is -1.97. The molecule has 0 aliphatic carbocycles. The van der Waals surface area contributed by atoms with Crippen LogP contribution < -0.4 is 5.73 Å². The van der Waals surface area contributed by atoms with Crippen molar-refractivity contribution < 1.29 is 9.90 Å². The number of aliphatic carboxylic acids is 1. The Morgan fingerprint density at radius 1 is 1.50 bits per heavy atom. The predicted octanol–water partition coefficient (Wildman–Crippen LogP) is -0.611. The van der Waals surface area contributed by atoms with E-state index >= 15 is 0 Å². The zero-order valence-corrected chi connectivity index (χ0v) is 6.48. The topological polar surface area (TPSA) is 102 Å². The smallest absolute Gasteiger partial charge is 0.311 e. The molecule has 0 radical (unpaired) electrons. The summed E-state index contributed by atoms with van der Waals surface area (Å²) >= 11 is 0. The molecule has 0 fully saturated rings. The first kappa shape index (κ1) is 8.38. The fraction of sp³-hybridized carbons (Fsp3) is 0.333. The molecule has 64 valence electrons. The van der Waals surface area contributed by atoms with Crippen molar-refractivity contribution in [2.45, 2.75) is 13.3 Å². The van der Waals surface area contributed by atoms with Gasteiger partial charge in [-0.1, -0.05) is 0 Å². The summed E-state index contributed by atoms with van der Waals surface area (Å²) in [7, 11) is 0. The number of nitrogen functional groups attached to an aromatic ring is 1. The van der Waals surface area contributed by atoms with Gasteiger partial charge in [0.2, 0.25) is 5.95 Å². The Morgan fingerprint density at radius 2 is 2.17 bits per heavy atom. The van der Waals surface area contributed by atoms with Crippen LogP contribution in [0, 0.1) is 6.92 Å². The largest absolute Gasteiger partial charge is 0.481 e. The average Bonchev–Trinajstić information content (AvgIpc) is 1.81. The van der Waals surface area contributed by atoms with E-state index in [4.69, 9.17) is 10.8 Å². The number of hydrogen-bond donors (Lipinski definition) is 2.